The van der Waals surface area contributed by atoms with Gasteiger partial charge in [0.25, 0.3) is 0 Å². The van der Waals surface area contributed by atoms with Gasteiger partial charge in [-0.05, 0) is 57.8 Å². The van der Waals surface area contributed by atoms with Gasteiger partial charge in [0.15, 0.2) is 0 Å². The summed E-state index contributed by atoms with van der Waals surface area (Å²) in [7, 11) is -4.30. The molecule has 2 atom stereocenters. The van der Waals surface area contributed by atoms with Gasteiger partial charge in [0.05, 0.1) is 26.4 Å². The van der Waals surface area contributed by atoms with Crippen molar-refractivity contribution >= 4 is 13.8 Å². The third-order valence-electron chi connectivity index (χ3n) is 8.46. The summed E-state index contributed by atoms with van der Waals surface area (Å²) in [5.41, 5.74) is 5.35. The van der Waals surface area contributed by atoms with E-state index in [9.17, 15) is 14.3 Å². The third-order valence-corrected chi connectivity index (χ3v) is 9.45. The Balaban J connectivity index is 4.21. The van der Waals surface area contributed by atoms with E-state index in [1.807, 2.05) is 6.08 Å². The fraction of sp³-hybridized carbons (Fsp3) is 0.744. The maximum Gasteiger partial charge on any atom is 0.472 e. The van der Waals surface area contributed by atoms with Gasteiger partial charge in [-0.15, -0.1) is 0 Å². The van der Waals surface area contributed by atoms with E-state index in [0.717, 1.165) is 38.5 Å². The predicted octanol–water partition coefficient (Wildman–Crippen LogP) is 12.2. The van der Waals surface area contributed by atoms with E-state index >= 15 is 0 Å². The van der Waals surface area contributed by atoms with Crippen LogP contribution >= 0.6 is 7.82 Å². The standard InChI is InChI=1S/C43H78NO7P/c1-3-5-7-9-11-13-15-17-19-21-22-24-26-28-30-32-34-36-43(45)51-42(41-50-52(46,47)49-39-37-44)40-48-38-35-33-31-29-27-25-23-20-18-16-14-12-10-8-6-4-2/h11,13,17,19,22,24,28,30,33,35,42H,3-10,12,14-16,18,20-21,23,25-27,29,31-32,34,36-41,44H2,1-2H3,(H,46,47)/b13-11-,19-17-,24-22-,30-28-,35-33+/t42-/m1/s1. The number of phosphoric ester groups is 1. The highest BCUT2D eigenvalue weighted by molar-refractivity contribution is 7.47. The number of hydrogen-bond donors (Lipinski definition) is 2. The van der Waals surface area contributed by atoms with Gasteiger partial charge < -0.3 is 20.1 Å². The Bertz CT molecular complexity index is 979. The molecular formula is C43H78NO7P. The lowest BCUT2D eigenvalue weighted by molar-refractivity contribution is -0.154. The molecule has 0 saturated heterocycles. The molecule has 0 heterocycles. The third kappa shape index (κ3) is 39.4. The zero-order valence-corrected chi connectivity index (χ0v) is 34.2. The lowest BCUT2D eigenvalue weighted by Gasteiger charge is -2.19. The Kier molecular flexibility index (Phi) is 39.0. The number of esters is 1. The molecule has 0 aliphatic rings. The molecule has 0 aromatic rings. The fourth-order valence-electron chi connectivity index (χ4n) is 5.40. The van der Waals surface area contributed by atoms with E-state index < -0.39 is 19.9 Å². The molecule has 52 heavy (non-hydrogen) atoms. The molecule has 0 amide bonds. The Labute approximate surface area is 319 Å². The van der Waals surface area contributed by atoms with E-state index in [1.54, 1.807) is 0 Å². The van der Waals surface area contributed by atoms with Gasteiger partial charge in [-0.1, -0.05) is 164 Å². The molecule has 3 N–H and O–H groups in total. The van der Waals surface area contributed by atoms with Crippen LogP contribution in [-0.2, 0) is 27.9 Å². The van der Waals surface area contributed by atoms with Gasteiger partial charge in [-0.2, -0.15) is 0 Å². The van der Waals surface area contributed by atoms with Crippen LogP contribution in [0, 0.1) is 0 Å². The van der Waals surface area contributed by atoms with Crippen LogP contribution in [-0.4, -0.2) is 49.9 Å². The minimum atomic E-state index is -4.30. The zero-order chi connectivity index (χ0) is 38.1. The van der Waals surface area contributed by atoms with Crippen LogP contribution in [0.15, 0.2) is 60.8 Å². The van der Waals surface area contributed by atoms with Gasteiger partial charge in [-0.25, -0.2) is 4.57 Å². The van der Waals surface area contributed by atoms with E-state index in [1.165, 1.54) is 103 Å². The number of hydrogen-bond acceptors (Lipinski definition) is 7. The van der Waals surface area contributed by atoms with Crippen molar-refractivity contribution in [3.05, 3.63) is 60.8 Å². The van der Waals surface area contributed by atoms with Crippen molar-refractivity contribution in [1.82, 2.24) is 0 Å². The van der Waals surface area contributed by atoms with E-state index in [4.69, 9.17) is 24.3 Å². The minimum absolute atomic E-state index is 0.0445. The average molecular weight is 752 g/mol. The van der Waals surface area contributed by atoms with Crippen LogP contribution < -0.4 is 5.73 Å². The molecule has 0 aromatic carbocycles. The van der Waals surface area contributed by atoms with E-state index in [-0.39, 0.29) is 32.8 Å². The number of ether oxygens (including phenoxy) is 2. The molecule has 0 radical (unpaired) electrons. The van der Waals surface area contributed by atoms with Crippen molar-refractivity contribution in [1.29, 1.82) is 0 Å². The first kappa shape index (κ1) is 50.2. The lowest BCUT2D eigenvalue weighted by Crippen LogP contribution is -2.28. The zero-order valence-electron chi connectivity index (χ0n) is 33.3. The molecule has 0 spiro atoms. The number of allylic oxidation sites excluding steroid dienone is 9. The summed E-state index contributed by atoms with van der Waals surface area (Å²) in [6.45, 7) is 4.55. The monoisotopic (exact) mass is 752 g/mol. The van der Waals surface area contributed by atoms with Gasteiger partial charge in [0.1, 0.15) is 6.10 Å². The summed E-state index contributed by atoms with van der Waals surface area (Å²) in [5, 5.41) is 0. The Morgan fingerprint density at radius 2 is 1.04 bits per heavy atom. The van der Waals surface area contributed by atoms with Crippen molar-refractivity contribution in [3.8, 4) is 0 Å². The van der Waals surface area contributed by atoms with Gasteiger partial charge in [0.2, 0.25) is 0 Å². The Hall–Kier alpha value is -1.80. The molecule has 0 aliphatic carbocycles. The van der Waals surface area contributed by atoms with Crippen molar-refractivity contribution < 1.29 is 32.8 Å². The maximum absolute atomic E-state index is 12.5. The van der Waals surface area contributed by atoms with Crippen LogP contribution in [0.4, 0.5) is 0 Å². The first-order valence-electron chi connectivity index (χ1n) is 20.8. The average Bonchev–Trinajstić information content (AvgIpc) is 3.13. The highest BCUT2D eigenvalue weighted by Gasteiger charge is 2.25. The quantitative estimate of drug-likeness (QED) is 0.0276. The summed E-state index contributed by atoms with van der Waals surface area (Å²) < 4.78 is 33.2. The molecule has 0 saturated carbocycles. The van der Waals surface area contributed by atoms with Crippen molar-refractivity contribution in [3.63, 3.8) is 0 Å². The second-order valence-corrected chi connectivity index (χ2v) is 15.0. The molecular weight excluding hydrogens is 673 g/mol. The Morgan fingerprint density at radius 3 is 1.58 bits per heavy atom. The van der Waals surface area contributed by atoms with E-state index in [0.29, 0.717) is 13.0 Å². The molecule has 9 heteroatoms. The normalized spacial score (nSPS) is 14.2. The number of unbranched alkanes of at least 4 members (excludes halogenated alkanes) is 17. The summed E-state index contributed by atoms with van der Waals surface area (Å²) in [4.78, 5) is 22.4. The molecule has 0 bridgehead atoms. The summed E-state index contributed by atoms with van der Waals surface area (Å²) >= 11 is 0. The second kappa shape index (κ2) is 40.4. The lowest BCUT2D eigenvalue weighted by atomic mass is 10.0. The van der Waals surface area contributed by atoms with Crippen LogP contribution in [0.1, 0.15) is 168 Å². The van der Waals surface area contributed by atoms with Crippen LogP contribution in [0.25, 0.3) is 0 Å². The van der Waals surface area contributed by atoms with Crippen LogP contribution in [0.2, 0.25) is 0 Å². The molecule has 0 fully saturated rings. The molecule has 1 unspecified atom stereocenters. The molecule has 302 valence electrons. The predicted molar refractivity (Wildman–Crippen MR) is 219 cm³/mol. The number of rotatable bonds is 39. The van der Waals surface area contributed by atoms with Crippen molar-refractivity contribution in [2.24, 2.45) is 5.73 Å². The Morgan fingerprint density at radius 1 is 0.596 bits per heavy atom. The minimum Gasteiger partial charge on any atom is -0.457 e. The SMILES string of the molecule is CCCCC/C=C\C/C=C\C/C=C\C/C=C\CCCC(=O)O[C@H](COC/C=C/CCCCCCCCCCCCCCC)COP(=O)(O)OCCN. The highest BCUT2D eigenvalue weighted by atomic mass is 31.2. The van der Waals surface area contributed by atoms with Crippen LogP contribution in [0.3, 0.4) is 0 Å². The topological polar surface area (TPSA) is 117 Å². The number of carbonyl (C=O) groups excluding carboxylic acids is 1. The fourth-order valence-corrected chi connectivity index (χ4v) is 6.17. The molecule has 8 nitrogen and oxygen atoms in total. The van der Waals surface area contributed by atoms with E-state index in [2.05, 4.69) is 68.5 Å². The first-order valence-corrected chi connectivity index (χ1v) is 22.3. The smallest absolute Gasteiger partial charge is 0.457 e. The van der Waals surface area contributed by atoms with Gasteiger partial charge >= 0.3 is 13.8 Å². The van der Waals surface area contributed by atoms with Crippen molar-refractivity contribution in [2.45, 2.75) is 174 Å². The number of phosphoric acid groups is 1. The van der Waals surface area contributed by atoms with Crippen LogP contribution in [0.5, 0.6) is 0 Å². The second-order valence-electron chi connectivity index (χ2n) is 13.5. The van der Waals surface area contributed by atoms with Gasteiger partial charge in [0, 0.05) is 13.0 Å². The summed E-state index contributed by atoms with van der Waals surface area (Å²) in [5.74, 6) is -0.401. The first-order chi connectivity index (χ1) is 25.4. The molecule has 0 aliphatic heterocycles. The van der Waals surface area contributed by atoms with Gasteiger partial charge in [-0.3, -0.25) is 13.8 Å². The summed E-state index contributed by atoms with van der Waals surface area (Å²) in [6, 6.07) is 0. The molecule has 0 rings (SSSR count). The highest BCUT2D eigenvalue weighted by Crippen LogP contribution is 2.43. The maximum atomic E-state index is 12.5. The number of nitrogens with two attached hydrogens (primary N) is 1. The molecule has 0 aromatic heterocycles. The summed E-state index contributed by atoms with van der Waals surface area (Å²) in [6.07, 6.45) is 48.5. The van der Waals surface area contributed by atoms with Crippen molar-refractivity contribution in [2.75, 3.05) is 33.0 Å². The number of carbonyl (C=O) groups is 1. The largest absolute Gasteiger partial charge is 0.472 e.